The van der Waals surface area contributed by atoms with Gasteiger partial charge in [-0.05, 0) is 43.4 Å². The number of rotatable bonds is 81. The molecule has 0 aliphatic carbocycles. The smallest absolute Gasteiger partial charge is 0.462 e. The van der Waals surface area contributed by atoms with Crippen molar-refractivity contribution in [1.29, 1.82) is 0 Å². The molecule has 0 saturated carbocycles. The van der Waals surface area contributed by atoms with Crippen molar-refractivity contribution in [2.24, 2.45) is 17.8 Å². The van der Waals surface area contributed by atoms with Gasteiger partial charge in [0.25, 0.3) is 0 Å². The number of unbranched alkanes of at least 4 members (excludes halogenated alkanes) is 49. The number of carbonyl (C=O) groups is 4. The van der Waals surface area contributed by atoms with Crippen LogP contribution in [-0.2, 0) is 65.4 Å². The van der Waals surface area contributed by atoms with E-state index in [1.165, 1.54) is 238 Å². The minimum absolute atomic E-state index is 0.107. The molecule has 0 radical (unpaired) electrons. The fourth-order valence-electron chi connectivity index (χ4n) is 12.8. The maximum Gasteiger partial charge on any atom is 0.472 e. The summed E-state index contributed by atoms with van der Waals surface area (Å²) in [6.45, 7) is 11.9. The van der Waals surface area contributed by atoms with Crippen LogP contribution in [0.4, 0.5) is 0 Å². The molecule has 606 valence electrons. The molecule has 0 rings (SSSR count). The Morgan fingerprint density at radius 2 is 0.451 bits per heavy atom. The summed E-state index contributed by atoms with van der Waals surface area (Å²) in [6, 6.07) is 0. The lowest BCUT2D eigenvalue weighted by Gasteiger charge is -2.21. The van der Waals surface area contributed by atoms with E-state index in [1.54, 1.807) is 0 Å². The molecule has 0 spiro atoms. The van der Waals surface area contributed by atoms with Gasteiger partial charge in [-0.25, -0.2) is 9.13 Å². The number of aliphatic hydroxyl groups excluding tert-OH is 1. The zero-order valence-corrected chi connectivity index (χ0v) is 68.9. The predicted molar refractivity (Wildman–Crippen MR) is 418 cm³/mol. The van der Waals surface area contributed by atoms with Crippen LogP contribution in [0.15, 0.2) is 0 Å². The number of hydrogen-bond acceptors (Lipinski definition) is 15. The van der Waals surface area contributed by atoms with Gasteiger partial charge < -0.3 is 33.8 Å². The monoisotopic (exact) mass is 1490 g/mol. The van der Waals surface area contributed by atoms with E-state index in [4.69, 9.17) is 37.0 Å². The summed E-state index contributed by atoms with van der Waals surface area (Å²) in [7, 11) is -9.92. The van der Waals surface area contributed by atoms with Crippen LogP contribution in [-0.4, -0.2) is 96.7 Å². The molecule has 0 aromatic heterocycles. The zero-order chi connectivity index (χ0) is 75.1. The maximum atomic E-state index is 13.1. The van der Waals surface area contributed by atoms with E-state index in [9.17, 15) is 43.2 Å². The van der Waals surface area contributed by atoms with Crippen molar-refractivity contribution in [3.8, 4) is 0 Å². The average Bonchev–Trinajstić information content (AvgIpc) is 0.920. The minimum atomic E-state index is -4.96. The van der Waals surface area contributed by atoms with E-state index in [0.717, 1.165) is 108 Å². The number of carbonyl (C=O) groups excluding carboxylic acids is 4. The lowest BCUT2D eigenvalue weighted by molar-refractivity contribution is -0.161. The first-order chi connectivity index (χ1) is 49.2. The van der Waals surface area contributed by atoms with Crippen molar-refractivity contribution in [3.63, 3.8) is 0 Å². The molecule has 0 aliphatic heterocycles. The van der Waals surface area contributed by atoms with Crippen molar-refractivity contribution >= 4 is 39.5 Å². The lowest BCUT2D eigenvalue weighted by atomic mass is 10.0. The molecular weight excluding hydrogens is 1330 g/mol. The van der Waals surface area contributed by atoms with Gasteiger partial charge in [0, 0.05) is 25.7 Å². The van der Waals surface area contributed by atoms with E-state index in [0.29, 0.717) is 31.6 Å². The van der Waals surface area contributed by atoms with Crippen molar-refractivity contribution in [3.05, 3.63) is 0 Å². The molecule has 17 nitrogen and oxygen atoms in total. The molecule has 0 amide bonds. The van der Waals surface area contributed by atoms with Gasteiger partial charge in [-0.15, -0.1) is 0 Å². The second kappa shape index (κ2) is 73.2. The quantitative estimate of drug-likeness (QED) is 0.0222. The molecule has 0 bridgehead atoms. The lowest BCUT2D eigenvalue weighted by Crippen LogP contribution is -2.30. The standard InChI is InChI=1S/C83H162O17P2/c1-8-9-10-11-12-13-14-15-16-17-21-28-33-38-43-52-60-67-83(88)100-79(71-94-81(86)65-58-51-46-45-49-56-63-76(6)7)73-98-102(91,92)96-69-77(84)68-95-101(89,90)97-72-78(70-93-80(85)64-57-50-42-37-32-27-24-23-26-31-36-41-48-55-62-75(4)5)99-82(87)66-59-53-44-39-34-29-22-19-18-20-25-30-35-40-47-54-61-74(2)3/h74-79,84H,8-73H2,1-7H3,(H,89,90)(H,91,92)/t77-,78-,79-/m1/s1. The Kier molecular flexibility index (Phi) is 71.8. The Balaban J connectivity index is 5.22. The number of aliphatic hydroxyl groups is 1. The highest BCUT2D eigenvalue weighted by atomic mass is 31.2. The van der Waals surface area contributed by atoms with Crippen molar-refractivity contribution in [2.45, 2.75) is 452 Å². The maximum absolute atomic E-state index is 13.1. The third-order valence-corrected chi connectivity index (χ3v) is 21.3. The molecule has 0 aromatic rings. The molecule has 0 fully saturated rings. The Bertz CT molecular complexity index is 1970. The number of phosphoric acid groups is 2. The van der Waals surface area contributed by atoms with Crippen molar-refractivity contribution < 1.29 is 80.2 Å². The normalized spacial score (nSPS) is 13.9. The summed E-state index contributed by atoms with van der Waals surface area (Å²) in [4.78, 5) is 73.1. The predicted octanol–water partition coefficient (Wildman–Crippen LogP) is 24.9. The number of esters is 4. The Hall–Kier alpha value is -1.94. The largest absolute Gasteiger partial charge is 0.472 e. The highest BCUT2D eigenvalue weighted by Crippen LogP contribution is 2.45. The van der Waals surface area contributed by atoms with Gasteiger partial charge in [0.1, 0.15) is 19.3 Å². The molecule has 0 aromatic carbocycles. The molecule has 2 unspecified atom stereocenters. The molecule has 3 N–H and O–H groups in total. The first-order valence-corrected chi connectivity index (χ1v) is 45.8. The highest BCUT2D eigenvalue weighted by molar-refractivity contribution is 7.47. The zero-order valence-electron chi connectivity index (χ0n) is 67.1. The molecule has 102 heavy (non-hydrogen) atoms. The van der Waals surface area contributed by atoms with Crippen molar-refractivity contribution in [1.82, 2.24) is 0 Å². The summed E-state index contributed by atoms with van der Waals surface area (Å²) in [5.41, 5.74) is 0. The fraction of sp³-hybridized carbons (Fsp3) is 0.952. The third-order valence-electron chi connectivity index (χ3n) is 19.4. The van der Waals surface area contributed by atoms with Gasteiger partial charge >= 0.3 is 39.5 Å². The van der Waals surface area contributed by atoms with E-state index in [1.807, 2.05) is 0 Å². The number of hydrogen-bond donors (Lipinski definition) is 3. The summed E-state index contributed by atoms with van der Waals surface area (Å²) >= 11 is 0. The fourth-order valence-corrected chi connectivity index (χ4v) is 14.4. The Morgan fingerprint density at radius 3 is 0.667 bits per heavy atom. The van der Waals surface area contributed by atoms with E-state index >= 15 is 0 Å². The average molecular weight is 1490 g/mol. The van der Waals surface area contributed by atoms with Gasteiger partial charge in [-0.1, -0.05) is 382 Å². The van der Waals surface area contributed by atoms with Crippen LogP contribution in [0.3, 0.4) is 0 Å². The second-order valence-electron chi connectivity index (χ2n) is 31.3. The SMILES string of the molecule is CCCCCCCCCCCCCCCCCCCC(=O)O[C@H](COC(=O)CCCCCCCCC(C)C)COP(=O)(O)OC[C@H](O)COP(=O)(O)OC[C@@H](COC(=O)CCCCCCCCCCCCCCCCC(C)C)OC(=O)CCCCCCCCCCCCCCCCCCC(C)C. The molecular formula is C83H162O17P2. The van der Waals surface area contributed by atoms with Crippen LogP contribution in [0.25, 0.3) is 0 Å². The van der Waals surface area contributed by atoms with Crippen LogP contribution in [0.2, 0.25) is 0 Å². The molecule has 0 aliphatic rings. The summed E-state index contributed by atoms with van der Waals surface area (Å²) < 4.78 is 68.8. The van der Waals surface area contributed by atoms with Gasteiger partial charge in [-0.3, -0.25) is 37.3 Å². The van der Waals surface area contributed by atoms with E-state index in [2.05, 4.69) is 48.5 Å². The molecule has 19 heteroatoms. The third kappa shape index (κ3) is 76.3. The van der Waals surface area contributed by atoms with Gasteiger partial charge in [0.2, 0.25) is 0 Å². The molecule has 5 atom stereocenters. The van der Waals surface area contributed by atoms with Crippen LogP contribution in [0.5, 0.6) is 0 Å². The molecule has 0 saturated heterocycles. The first kappa shape index (κ1) is 100. The Morgan fingerprint density at radius 1 is 0.265 bits per heavy atom. The van der Waals surface area contributed by atoms with Gasteiger partial charge in [-0.2, -0.15) is 0 Å². The first-order valence-electron chi connectivity index (χ1n) is 42.8. The van der Waals surface area contributed by atoms with E-state index < -0.39 is 97.5 Å². The second-order valence-corrected chi connectivity index (χ2v) is 34.2. The topological polar surface area (TPSA) is 237 Å². The summed E-state index contributed by atoms with van der Waals surface area (Å²) in [5, 5.41) is 10.7. The highest BCUT2D eigenvalue weighted by Gasteiger charge is 2.30. The Labute approximate surface area is 626 Å². The van der Waals surface area contributed by atoms with Crippen molar-refractivity contribution in [2.75, 3.05) is 39.6 Å². The van der Waals surface area contributed by atoms with Crippen LogP contribution < -0.4 is 0 Å². The van der Waals surface area contributed by atoms with Gasteiger partial charge in [0.15, 0.2) is 12.2 Å². The number of phosphoric ester groups is 2. The van der Waals surface area contributed by atoms with E-state index in [-0.39, 0.29) is 25.7 Å². The van der Waals surface area contributed by atoms with Crippen LogP contribution in [0.1, 0.15) is 434 Å². The summed E-state index contributed by atoms with van der Waals surface area (Å²) in [6.07, 6.45) is 62.6. The molecule has 0 heterocycles. The van der Waals surface area contributed by atoms with Crippen LogP contribution >= 0.6 is 15.6 Å². The van der Waals surface area contributed by atoms with Crippen LogP contribution in [0, 0.1) is 17.8 Å². The summed E-state index contributed by atoms with van der Waals surface area (Å²) in [5.74, 6) is 0.178. The number of ether oxygens (including phenoxy) is 4. The minimum Gasteiger partial charge on any atom is -0.462 e. The van der Waals surface area contributed by atoms with Gasteiger partial charge in [0.05, 0.1) is 26.4 Å².